The second-order valence-electron chi connectivity index (χ2n) is 18.3. The summed E-state index contributed by atoms with van der Waals surface area (Å²) in [5.41, 5.74) is 5.49. The molecule has 2 aliphatic heterocycles. The molecule has 5 rings (SSSR count). The van der Waals surface area contributed by atoms with E-state index in [2.05, 4.69) is 52.1 Å². The Hall–Kier alpha value is -3.59. The van der Waals surface area contributed by atoms with Crippen molar-refractivity contribution in [2.24, 2.45) is 0 Å². The number of carbonyl (C=O) groups excluding carboxylic acids is 1. The first-order chi connectivity index (χ1) is 25.2. The van der Waals surface area contributed by atoms with Gasteiger partial charge < -0.3 is 18.8 Å². The van der Waals surface area contributed by atoms with E-state index in [-0.39, 0.29) is 15.6 Å². The summed E-state index contributed by atoms with van der Waals surface area (Å²) in [5, 5.41) is 0. The van der Waals surface area contributed by atoms with E-state index in [0.29, 0.717) is 37.1 Å². The Bertz CT molecular complexity index is 2050. The van der Waals surface area contributed by atoms with Crippen molar-refractivity contribution in [1.29, 1.82) is 0 Å². The van der Waals surface area contributed by atoms with Crippen molar-refractivity contribution in [3.05, 3.63) is 94.4 Å². The van der Waals surface area contributed by atoms with E-state index in [9.17, 15) is 30.7 Å². The minimum Gasteiger partial charge on any atom is -0.344 e. The fourth-order valence-corrected chi connectivity index (χ4v) is 9.11. The maximum atomic E-state index is 14.1. The Balaban J connectivity index is 1.50. The summed E-state index contributed by atoms with van der Waals surface area (Å²) in [7, 11) is 4.09. The minimum atomic E-state index is -4.39. The van der Waals surface area contributed by atoms with E-state index in [1.54, 1.807) is 24.3 Å². The van der Waals surface area contributed by atoms with E-state index in [4.69, 9.17) is 0 Å². The molecule has 0 unspecified atom stereocenters. The fraction of sp³-hybridized carbons (Fsp3) is 0.500. The van der Waals surface area contributed by atoms with Gasteiger partial charge in [-0.15, -0.1) is 0 Å². The standard InChI is InChI=1S/C42H58N4O7S2/c1-41(2)34-28-32(54(48,49)50)18-20-36(34)43(24-12-26-45(5,6)7)38(41)22-16-30-14-11-15-31(40(30)47)17-23-39-42(3,4)35-29-33(55(51,52)53)19-21-37(35)44(39)25-13-27-46(8,9)10/h16-23,28-29H,11-15,24-27H2,1-10H3/p+2/b30-16+,31-17+,38-22+,39-23+. The van der Waals surface area contributed by atoms with Gasteiger partial charge >= 0.3 is 0 Å². The van der Waals surface area contributed by atoms with Crippen LogP contribution in [0.4, 0.5) is 11.4 Å². The number of anilines is 2. The van der Waals surface area contributed by atoms with E-state index in [1.165, 1.54) is 12.1 Å². The first kappa shape index (κ1) is 42.6. The zero-order valence-corrected chi connectivity index (χ0v) is 35.8. The van der Waals surface area contributed by atoms with Gasteiger partial charge in [0.2, 0.25) is 0 Å². The Morgan fingerprint density at radius 3 is 1.33 bits per heavy atom. The summed E-state index contributed by atoms with van der Waals surface area (Å²) < 4.78 is 69.7. The van der Waals surface area contributed by atoms with Crippen molar-refractivity contribution in [1.82, 2.24) is 0 Å². The van der Waals surface area contributed by atoms with Gasteiger partial charge in [0, 0.05) is 59.5 Å². The molecule has 55 heavy (non-hydrogen) atoms. The summed E-state index contributed by atoms with van der Waals surface area (Å²) in [4.78, 5) is 18.3. The molecule has 0 aromatic heterocycles. The lowest BCUT2D eigenvalue weighted by atomic mass is 9.82. The lowest BCUT2D eigenvalue weighted by Gasteiger charge is -2.29. The van der Waals surface area contributed by atoms with Gasteiger partial charge in [-0.25, -0.2) is 0 Å². The normalized spacial score (nSPS) is 21.6. The van der Waals surface area contributed by atoms with Crippen LogP contribution in [0.2, 0.25) is 0 Å². The highest BCUT2D eigenvalue weighted by Crippen LogP contribution is 2.50. The van der Waals surface area contributed by atoms with Gasteiger partial charge in [0.25, 0.3) is 20.2 Å². The average molecular weight is 797 g/mol. The summed E-state index contributed by atoms with van der Waals surface area (Å²) in [6.07, 6.45) is 11.7. The number of allylic oxidation sites excluding steroid dienone is 8. The first-order valence-electron chi connectivity index (χ1n) is 19.0. The van der Waals surface area contributed by atoms with Gasteiger partial charge in [0.1, 0.15) is 0 Å². The number of nitrogens with zero attached hydrogens (tertiary/aromatic N) is 4. The minimum absolute atomic E-state index is 0.0166. The number of fused-ring (bicyclic) bond motifs is 2. The molecule has 0 spiro atoms. The predicted molar refractivity (Wildman–Crippen MR) is 219 cm³/mol. The highest BCUT2D eigenvalue weighted by atomic mass is 32.2. The zero-order valence-electron chi connectivity index (χ0n) is 34.2. The highest BCUT2D eigenvalue weighted by molar-refractivity contribution is 7.86. The fourth-order valence-electron chi connectivity index (χ4n) is 8.10. The number of quaternary nitrogens is 2. The van der Waals surface area contributed by atoms with Crippen LogP contribution in [-0.4, -0.2) is 109 Å². The van der Waals surface area contributed by atoms with Crippen LogP contribution in [0, 0.1) is 0 Å². The number of hydrogen-bond acceptors (Lipinski definition) is 7. The molecule has 1 aliphatic carbocycles. The van der Waals surface area contributed by atoms with Crippen LogP contribution < -0.4 is 9.80 Å². The maximum Gasteiger partial charge on any atom is 0.294 e. The van der Waals surface area contributed by atoms with Crippen molar-refractivity contribution in [3.8, 4) is 0 Å². The van der Waals surface area contributed by atoms with Crippen LogP contribution in [-0.2, 0) is 35.9 Å². The number of rotatable bonds is 12. The van der Waals surface area contributed by atoms with Crippen LogP contribution in [0.1, 0.15) is 70.9 Å². The predicted octanol–water partition coefficient (Wildman–Crippen LogP) is 6.64. The molecule has 1 saturated carbocycles. The van der Waals surface area contributed by atoms with E-state index < -0.39 is 31.1 Å². The zero-order chi connectivity index (χ0) is 40.9. The van der Waals surface area contributed by atoms with E-state index in [1.807, 2.05) is 52.0 Å². The Kier molecular flexibility index (Phi) is 11.6. The number of Topliss-reactive ketones (excluding diaryl/α,β-unsaturated/α-hetero) is 1. The smallest absolute Gasteiger partial charge is 0.294 e. The lowest BCUT2D eigenvalue weighted by molar-refractivity contribution is -0.870. The Labute approximate surface area is 329 Å². The summed E-state index contributed by atoms with van der Waals surface area (Å²) >= 11 is 0. The largest absolute Gasteiger partial charge is 0.344 e. The van der Waals surface area contributed by atoms with Crippen molar-refractivity contribution < 1.29 is 39.7 Å². The van der Waals surface area contributed by atoms with Gasteiger partial charge in [-0.3, -0.25) is 13.9 Å². The van der Waals surface area contributed by atoms with Crippen LogP contribution >= 0.6 is 0 Å². The third-order valence-corrected chi connectivity index (χ3v) is 12.8. The maximum absolute atomic E-state index is 14.1. The van der Waals surface area contributed by atoms with Crippen LogP contribution in [0.3, 0.4) is 0 Å². The SMILES string of the molecule is CC1(C)/C(=C\C=C2/CCC/C(=C\C=C3\N(CCC[N+](C)(C)C)c4ccc(S(=O)(=O)O)cc4C3(C)C)C2=O)N(CCC[N+](C)(C)C)c2ccc(S(=O)(=O)O)cc21. The third-order valence-electron chi connectivity index (χ3n) is 11.1. The number of carbonyl (C=O) groups is 1. The van der Waals surface area contributed by atoms with Crippen molar-refractivity contribution >= 4 is 37.4 Å². The second kappa shape index (κ2) is 15.1. The van der Waals surface area contributed by atoms with Crippen molar-refractivity contribution in [2.75, 3.05) is 78.3 Å². The molecular weight excluding hydrogens is 737 g/mol. The molecule has 1 fully saturated rings. The Morgan fingerprint density at radius 1 is 0.636 bits per heavy atom. The average Bonchev–Trinajstić information content (AvgIpc) is 3.39. The molecule has 13 heteroatoms. The molecule has 2 aromatic carbocycles. The molecule has 0 bridgehead atoms. The molecule has 0 amide bonds. The first-order valence-corrected chi connectivity index (χ1v) is 21.9. The van der Waals surface area contributed by atoms with Crippen LogP contribution in [0.5, 0.6) is 0 Å². The lowest BCUT2D eigenvalue weighted by Crippen LogP contribution is -2.37. The molecule has 0 radical (unpaired) electrons. The number of ketones is 1. The molecule has 2 heterocycles. The summed E-state index contributed by atoms with van der Waals surface area (Å²) in [6.45, 7) is 11.4. The van der Waals surface area contributed by atoms with Crippen molar-refractivity contribution in [3.63, 3.8) is 0 Å². The summed E-state index contributed by atoms with van der Waals surface area (Å²) in [6, 6.07) is 9.53. The van der Waals surface area contributed by atoms with Gasteiger partial charge in [0.05, 0.1) is 65.2 Å². The monoisotopic (exact) mass is 796 g/mol. The van der Waals surface area contributed by atoms with Crippen molar-refractivity contribution in [2.45, 2.75) is 80.4 Å². The molecule has 3 aliphatic rings. The molecule has 2 aromatic rings. The topological polar surface area (TPSA) is 132 Å². The molecule has 0 saturated heterocycles. The highest BCUT2D eigenvalue weighted by Gasteiger charge is 2.42. The quantitative estimate of drug-likeness (QED) is 0.138. The van der Waals surface area contributed by atoms with E-state index >= 15 is 0 Å². The van der Waals surface area contributed by atoms with Gasteiger partial charge in [-0.1, -0.05) is 39.8 Å². The molecule has 11 nitrogen and oxygen atoms in total. The Morgan fingerprint density at radius 2 is 1.00 bits per heavy atom. The van der Waals surface area contributed by atoms with Gasteiger partial charge in [0.15, 0.2) is 5.78 Å². The molecule has 300 valence electrons. The van der Waals surface area contributed by atoms with E-state index in [0.717, 1.165) is 75.2 Å². The second-order valence-corrected chi connectivity index (χ2v) is 21.1. The van der Waals surface area contributed by atoms with Gasteiger partial charge in [-0.05, 0) is 90.1 Å². The molecular formula is C42H60N4O7S2+2. The molecule has 2 N–H and O–H groups in total. The summed E-state index contributed by atoms with van der Waals surface area (Å²) in [5.74, 6) is -0.0166. The number of hydrogen-bond donors (Lipinski definition) is 2. The van der Waals surface area contributed by atoms with Crippen LogP contribution in [0.15, 0.2) is 93.0 Å². The molecule has 0 atom stereocenters. The van der Waals surface area contributed by atoms with Gasteiger partial charge in [-0.2, -0.15) is 16.8 Å². The van der Waals surface area contributed by atoms with Crippen LogP contribution in [0.25, 0.3) is 0 Å². The number of benzene rings is 2. The third kappa shape index (κ3) is 9.35.